The molecule has 1 aromatic heterocycles. The van der Waals surface area contributed by atoms with E-state index in [1.54, 1.807) is 10.6 Å². The monoisotopic (exact) mass is 483 g/mol. The third-order valence-electron chi connectivity index (χ3n) is 5.71. The molecule has 1 aliphatic heterocycles. The highest BCUT2D eigenvalue weighted by Gasteiger charge is 2.48. The number of aromatic nitrogens is 1. The predicted molar refractivity (Wildman–Crippen MR) is 123 cm³/mol. The van der Waals surface area contributed by atoms with E-state index in [1.807, 2.05) is 36.5 Å². The minimum Gasteiger partial charge on any atom is -0.456 e. The molecule has 0 bridgehead atoms. The molecule has 1 aliphatic rings. The van der Waals surface area contributed by atoms with Crippen molar-refractivity contribution in [3.8, 4) is 0 Å². The molecule has 0 radical (unpaired) electrons. The van der Waals surface area contributed by atoms with Crippen LogP contribution in [0.2, 0.25) is 0 Å². The van der Waals surface area contributed by atoms with Crippen molar-refractivity contribution < 1.29 is 37.7 Å². The Hall–Kier alpha value is -3.72. The molecule has 3 aromatic rings. The summed E-state index contributed by atoms with van der Waals surface area (Å²) < 4.78 is 38.3. The number of halogens is 1. The second-order valence-electron chi connectivity index (χ2n) is 8.41. The first-order valence-corrected chi connectivity index (χ1v) is 11.2. The maximum atomic E-state index is 14.2. The molecule has 1 fully saturated rings. The first-order valence-electron chi connectivity index (χ1n) is 11.2. The van der Waals surface area contributed by atoms with Crippen molar-refractivity contribution in [2.24, 2.45) is 0 Å². The summed E-state index contributed by atoms with van der Waals surface area (Å²) in [6, 6.07) is 14.1. The summed E-state index contributed by atoms with van der Waals surface area (Å²) in [5, 5.41) is 0.671. The van der Waals surface area contributed by atoms with Crippen molar-refractivity contribution in [3.63, 3.8) is 0 Å². The van der Waals surface area contributed by atoms with Crippen LogP contribution in [0.15, 0.2) is 54.7 Å². The van der Waals surface area contributed by atoms with Gasteiger partial charge in [0.15, 0.2) is 24.5 Å². The summed E-state index contributed by atoms with van der Waals surface area (Å²) in [7, 11) is 0. The number of hydrogen-bond donors (Lipinski definition) is 0. The molecule has 35 heavy (non-hydrogen) atoms. The van der Waals surface area contributed by atoms with Crippen LogP contribution in [-0.2, 0) is 39.8 Å². The molecule has 4 rings (SSSR count). The van der Waals surface area contributed by atoms with Crippen LogP contribution >= 0.6 is 0 Å². The van der Waals surface area contributed by atoms with Gasteiger partial charge >= 0.3 is 17.9 Å². The Morgan fingerprint density at radius 2 is 1.60 bits per heavy atom. The number of nitrogens with zero attached hydrogens (tertiary/aromatic N) is 1. The second-order valence-corrected chi connectivity index (χ2v) is 8.41. The fourth-order valence-electron chi connectivity index (χ4n) is 4.43. The van der Waals surface area contributed by atoms with Gasteiger partial charge in [0.1, 0.15) is 5.82 Å². The number of esters is 3. The number of fused-ring (bicyclic) bond motifs is 1. The zero-order chi connectivity index (χ0) is 25.1. The zero-order valence-electron chi connectivity index (χ0n) is 19.6. The van der Waals surface area contributed by atoms with E-state index in [0.29, 0.717) is 17.3 Å². The number of hydrogen-bond acceptors (Lipinski definition) is 7. The first kappa shape index (κ1) is 24.4. The normalized spacial score (nSPS) is 21.9. The second kappa shape index (κ2) is 10.3. The highest BCUT2D eigenvalue weighted by Crippen LogP contribution is 2.35. The van der Waals surface area contributed by atoms with E-state index in [2.05, 4.69) is 0 Å². The fraction of sp³-hybridized carbons (Fsp3) is 0.346. The molecule has 0 spiro atoms. The highest BCUT2D eigenvalue weighted by atomic mass is 19.1. The van der Waals surface area contributed by atoms with E-state index in [4.69, 9.17) is 18.9 Å². The topological polar surface area (TPSA) is 93.1 Å². The van der Waals surface area contributed by atoms with E-state index >= 15 is 0 Å². The molecule has 0 N–H and O–H groups in total. The van der Waals surface area contributed by atoms with Gasteiger partial charge in [-0.2, -0.15) is 0 Å². The van der Waals surface area contributed by atoms with Crippen LogP contribution in [0.3, 0.4) is 0 Å². The lowest BCUT2D eigenvalue weighted by Crippen LogP contribution is -2.55. The molecule has 8 nitrogen and oxygen atoms in total. The van der Waals surface area contributed by atoms with Gasteiger partial charge in [-0.25, -0.2) is 4.39 Å². The van der Waals surface area contributed by atoms with Crippen LogP contribution < -0.4 is 0 Å². The maximum Gasteiger partial charge on any atom is 0.303 e. The lowest BCUT2D eigenvalue weighted by atomic mass is 10.0. The van der Waals surface area contributed by atoms with Crippen LogP contribution in [0.5, 0.6) is 0 Å². The van der Waals surface area contributed by atoms with Gasteiger partial charge < -0.3 is 23.5 Å². The molecule has 0 amide bonds. The number of benzene rings is 2. The average molecular weight is 483 g/mol. The number of carbonyl (C=O) groups excluding carboxylic acids is 3. The smallest absolute Gasteiger partial charge is 0.303 e. The summed E-state index contributed by atoms with van der Waals surface area (Å²) in [5.41, 5.74) is 2.51. The zero-order valence-corrected chi connectivity index (χ0v) is 19.6. The van der Waals surface area contributed by atoms with Crippen LogP contribution in [0.4, 0.5) is 4.39 Å². The predicted octanol–water partition coefficient (Wildman–Crippen LogP) is 3.70. The van der Waals surface area contributed by atoms with Gasteiger partial charge in [0, 0.05) is 32.4 Å². The molecule has 9 heteroatoms. The van der Waals surface area contributed by atoms with Gasteiger partial charge in [0.05, 0.1) is 12.1 Å². The van der Waals surface area contributed by atoms with Crippen LogP contribution in [0.1, 0.15) is 38.1 Å². The third kappa shape index (κ3) is 5.51. The maximum absolute atomic E-state index is 14.2. The summed E-state index contributed by atoms with van der Waals surface area (Å²) in [4.78, 5) is 35.5. The quantitative estimate of drug-likeness (QED) is 0.390. The minimum absolute atomic E-state index is 0.102. The van der Waals surface area contributed by atoms with Crippen LogP contribution in [0, 0.1) is 5.82 Å². The van der Waals surface area contributed by atoms with Gasteiger partial charge in [-0.1, -0.05) is 30.3 Å². The van der Waals surface area contributed by atoms with Gasteiger partial charge in [0.25, 0.3) is 0 Å². The van der Waals surface area contributed by atoms with Crippen molar-refractivity contribution in [2.45, 2.75) is 51.7 Å². The van der Waals surface area contributed by atoms with Crippen molar-refractivity contribution in [1.29, 1.82) is 0 Å². The standard InChI is InChI=1S/C26H26FNO7/c1-15(29)33-23-14-32-26(25(35-17(3)31)24(23)34-16(2)30)28-13-19(11-18-7-5-4-6-8-18)21-12-20(27)9-10-22(21)28/h4-10,12-13,23-26H,11,14H2,1-3H3/t23-,24+,25-,26-/m1/s1. The lowest BCUT2D eigenvalue weighted by molar-refractivity contribution is -0.239. The Labute approximate surface area is 201 Å². The molecule has 1 saturated heterocycles. The lowest BCUT2D eigenvalue weighted by Gasteiger charge is -2.41. The SMILES string of the molecule is CC(=O)O[C@@H]1[C@@H](OC(C)=O)[C@H](OC(C)=O)CO[C@H]1n1cc(Cc2ccccc2)c2cc(F)ccc21. The van der Waals surface area contributed by atoms with Gasteiger partial charge in [0.2, 0.25) is 0 Å². The molecule has 2 heterocycles. The highest BCUT2D eigenvalue weighted by molar-refractivity contribution is 5.84. The Balaban J connectivity index is 1.79. The largest absolute Gasteiger partial charge is 0.456 e. The molecular weight excluding hydrogens is 457 g/mol. The molecule has 0 aliphatic carbocycles. The van der Waals surface area contributed by atoms with E-state index < -0.39 is 48.3 Å². The van der Waals surface area contributed by atoms with Crippen molar-refractivity contribution in [3.05, 3.63) is 71.7 Å². The van der Waals surface area contributed by atoms with Crippen LogP contribution in [0.25, 0.3) is 10.9 Å². The molecule has 4 atom stereocenters. The molecule has 184 valence electrons. The minimum atomic E-state index is -1.13. The van der Waals surface area contributed by atoms with E-state index in [1.165, 1.54) is 32.9 Å². The number of carbonyl (C=O) groups is 3. The fourth-order valence-corrected chi connectivity index (χ4v) is 4.43. The number of rotatable bonds is 6. The number of ether oxygens (including phenoxy) is 4. The van der Waals surface area contributed by atoms with Gasteiger partial charge in [-0.15, -0.1) is 0 Å². The third-order valence-corrected chi connectivity index (χ3v) is 5.71. The molecule has 0 saturated carbocycles. The first-order chi connectivity index (χ1) is 16.7. The summed E-state index contributed by atoms with van der Waals surface area (Å²) in [6.07, 6.45) is -1.78. The summed E-state index contributed by atoms with van der Waals surface area (Å²) in [5.74, 6) is -2.24. The van der Waals surface area contributed by atoms with Gasteiger partial charge in [-0.05, 0) is 35.7 Å². The van der Waals surface area contributed by atoms with Crippen molar-refractivity contribution in [1.82, 2.24) is 4.57 Å². The Kier molecular flexibility index (Phi) is 7.16. The van der Waals surface area contributed by atoms with Crippen molar-refractivity contribution in [2.75, 3.05) is 6.61 Å². The summed E-state index contributed by atoms with van der Waals surface area (Å²) in [6.45, 7) is 3.56. The molecular formula is C26H26FNO7. The van der Waals surface area contributed by atoms with Crippen LogP contribution in [-0.4, -0.2) is 47.4 Å². The molecule has 2 aromatic carbocycles. The van der Waals surface area contributed by atoms with E-state index in [9.17, 15) is 18.8 Å². The van der Waals surface area contributed by atoms with E-state index in [-0.39, 0.29) is 6.61 Å². The van der Waals surface area contributed by atoms with Gasteiger partial charge in [-0.3, -0.25) is 14.4 Å². The van der Waals surface area contributed by atoms with E-state index in [0.717, 1.165) is 11.1 Å². The molecule has 0 unspecified atom stereocenters. The average Bonchev–Trinajstić information content (AvgIpc) is 3.13. The Morgan fingerprint density at radius 3 is 2.26 bits per heavy atom. The Bertz CT molecular complexity index is 1240. The summed E-state index contributed by atoms with van der Waals surface area (Å²) >= 11 is 0. The van der Waals surface area contributed by atoms with Crippen molar-refractivity contribution >= 4 is 28.8 Å². The Morgan fingerprint density at radius 1 is 0.943 bits per heavy atom.